The van der Waals surface area contributed by atoms with Crippen molar-refractivity contribution in [3.8, 4) is 5.75 Å². The summed E-state index contributed by atoms with van der Waals surface area (Å²) in [6.45, 7) is 3.51. The highest BCUT2D eigenvalue weighted by Crippen LogP contribution is 2.28. The van der Waals surface area contributed by atoms with Crippen LogP contribution in [-0.2, 0) is 16.1 Å². The molecule has 0 saturated heterocycles. The van der Waals surface area contributed by atoms with E-state index in [-0.39, 0.29) is 30.2 Å². The van der Waals surface area contributed by atoms with Gasteiger partial charge < -0.3 is 14.8 Å². The zero-order valence-corrected chi connectivity index (χ0v) is 16.1. The van der Waals surface area contributed by atoms with E-state index >= 15 is 0 Å². The Balaban J connectivity index is 2.01. The van der Waals surface area contributed by atoms with Crippen molar-refractivity contribution in [3.63, 3.8) is 0 Å². The molecular formula is C19H19ClN2O6. The molecule has 2 aromatic carbocycles. The van der Waals surface area contributed by atoms with Crippen molar-refractivity contribution >= 4 is 29.2 Å². The molecule has 0 aliphatic heterocycles. The summed E-state index contributed by atoms with van der Waals surface area (Å²) in [6.07, 6.45) is -1.10. The highest BCUT2D eigenvalue weighted by molar-refractivity contribution is 6.31. The van der Waals surface area contributed by atoms with Crippen LogP contribution in [0.3, 0.4) is 0 Å². The Labute approximate surface area is 166 Å². The maximum absolute atomic E-state index is 12.2. The molecule has 0 aliphatic carbocycles. The Hall–Kier alpha value is -3.13. The van der Waals surface area contributed by atoms with Crippen LogP contribution in [0.2, 0.25) is 5.02 Å². The van der Waals surface area contributed by atoms with Crippen molar-refractivity contribution in [3.05, 3.63) is 68.7 Å². The van der Waals surface area contributed by atoms with Crippen molar-refractivity contribution < 1.29 is 24.0 Å². The van der Waals surface area contributed by atoms with E-state index < -0.39 is 22.9 Å². The number of carbonyl (C=O) groups excluding carboxylic acids is 2. The Morgan fingerprint density at radius 2 is 1.96 bits per heavy atom. The number of nitrogens with zero attached hydrogens (tertiary/aromatic N) is 1. The van der Waals surface area contributed by atoms with E-state index in [0.717, 1.165) is 11.6 Å². The minimum Gasteiger partial charge on any atom is -0.487 e. The van der Waals surface area contributed by atoms with Crippen LogP contribution in [0.4, 0.5) is 5.69 Å². The lowest BCUT2D eigenvalue weighted by Gasteiger charge is -2.14. The molecule has 1 amide bonds. The van der Waals surface area contributed by atoms with Crippen LogP contribution in [0.1, 0.15) is 29.8 Å². The molecule has 0 spiro atoms. The van der Waals surface area contributed by atoms with Crippen LogP contribution in [0.5, 0.6) is 5.75 Å². The summed E-state index contributed by atoms with van der Waals surface area (Å²) < 4.78 is 10.3. The van der Waals surface area contributed by atoms with E-state index in [1.165, 1.54) is 19.1 Å². The Kier molecular flexibility index (Phi) is 7.34. The highest BCUT2D eigenvalue weighted by atomic mass is 35.5. The van der Waals surface area contributed by atoms with Crippen LogP contribution >= 0.6 is 11.6 Å². The van der Waals surface area contributed by atoms with Gasteiger partial charge in [0.05, 0.1) is 17.1 Å². The third-order valence-electron chi connectivity index (χ3n) is 3.76. The maximum Gasteiger partial charge on any atom is 0.339 e. The van der Waals surface area contributed by atoms with Crippen molar-refractivity contribution in [1.82, 2.24) is 5.32 Å². The zero-order chi connectivity index (χ0) is 20.7. The Morgan fingerprint density at radius 3 is 2.61 bits per heavy atom. The summed E-state index contributed by atoms with van der Waals surface area (Å²) in [5.41, 5.74) is 0.311. The molecule has 1 N–H and O–H groups in total. The van der Waals surface area contributed by atoms with Crippen LogP contribution in [0.15, 0.2) is 42.5 Å². The number of rotatable bonds is 8. The van der Waals surface area contributed by atoms with Crippen molar-refractivity contribution in [2.75, 3.05) is 6.61 Å². The number of halogens is 1. The minimum absolute atomic E-state index is 0.0505. The van der Waals surface area contributed by atoms with Gasteiger partial charge in [-0.3, -0.25) is 14.9 Å². The van der Waals surface area contributed by atoms with E-state index in [1.54, 1.807) is 31.2 Å². The summed E-state index contributed by atoms with van der Waals surface area (Å²) >= 11 is 6.03. The first kappa shape index (κ1) is 21.2. The van der Waals surface area contributed by atoms with Gasteiger partial charge in [0.2, 0.25) is 0 Å². The number of ether oxygens (including phenoxy) is 2. The number of nitro benzene ring substituents is 1. The summed E-state index contributed by atoms with van der Waals surface area (Å²) in [6, 6.07) is 10.7. The number of esters is 1. The first-order chi connectivity index (χ1) is 13.3. The molecular weight excluding hydrogens is 388 g/mol. The van der Waals surface area contributed by atoms with Gasteiger partial charge in [-0.25, -0.2) is 4.79 Å². The Bertz CT molecular complexity index is 886. The van der Waals surface area contributed by atoms with Crippen molar-refractivity contribution in [2.45, 2.75) is 26.5 Å². The molecule has 148 valence electrons. The summed E-state index contributed by atoms with van der Waals surface area (Å²) in [4.78, 5) is 34.9. The lowest BCUT2D eigenvalue weighted by Crippen LogP contribution is -2.35. The van der Waals surface area contributed by atoms with E-state index in [4.69, 9.17) is 21.1 Å². The van der Waals surface area contributed by atoms with Gasteiger partial charge in [0.25, 0.3) is 5.91 Å². The molecule has 2 rings (SSSR count). The fourth-order valence-corrected chi connectivity index (χ4v) is 2.52. The smallest absolute Gasteiger partial charge is 0.339 e. The second-order valence-corrected chi connectivity index (χ2v) is 6.14. The van der Waals surface area contributed by atoms with Gasteiger partial charge in [-0.05, 0) is 37.6 Å². The number of benzene rings is 2. The molecule has 9 heteroatoms. The minimum atomic E-state index is -1.10. The topological polar surface area (TPSA) is 108 Å². The lowest BCUT2D eigenvalue weighted by atomic mass is 10.2. The summed E-state index contributed by atoms with van der Waals surface area (Å²) in [5.74, 6) is -1.32. The number of nitro groups is 1. The van der Waals surface area contributed by atoms with Crippen LogP contribution in [-0.4, -0.2) is 29.5 Å². The average Bonchev–Trinajstić information content (AvgIpc) is 2.67. The summed E-state index contributed by atoms with van der Waals surface area (Å²) in [5, 5.41) is 14.3. The number of carbonyl (C=O) groups is 2. The standard InChI is InChI=1S/C19H19ClN2O6/c1-3-27-17-9-8-13(10-16(17)22(25)26)19(24)28-12(2)18(23)21-11-14-6-4-5-7-15(14)20/h4-10,12H,3,11H2,1-2H3,(H,21,23)/t12-/m1/s1. The molecule has 0 heterocycles. The van der Waals surface area contributed by atoms with E-state index in [2.05, 4.69) is 5.32 Å². The predicted molar refractivity (Wildman–Crippen MR) is 102 cm³/mol. The fraction of sp³-hybridized carbons (Fsp3) is 0.263. The number of hydrogen-bond donors (Lipinski definition) is 1. The zero-order valence-electron chi connectivity index (χ0n) is 15.3. The molecule has 28 heavy (non-hydrogen) atoms. The third-order valence-corrected chi connectivity index (χ3v) is 4.12. The van der Waals surface area contributed by atoms with Crippen molar-refractivity contribution in [1.29, 1.82) is 0 Å². The molecule has 1 atom stereocenters. The third kappa shape index (κ3) is 5.43. The summed E-state index contributed by atoms with van der Waals surface area (Å²) in [7, 11) is 0. The van der Waals surface area contributed by atoms with E-state index in [9.17, 15) is 19.7 Å². The molecule has 0 radical (unpaired) electrons. The molecule has 0 aromatic heterocycles. The number of hydrogen-bond acceptors (Lipinski definition) is 6. The van der Waals surface area contributed by atoms with Crippen LogP contribution in [0, 0.1) is 10.1 Å². The normalized spacial score (nSPS) is 11.4. The predicted octanol–water partition coefficient (Wildman–Crippen LogP) is 3.51. The van der Waals surface area contributed by atoms with Crippen molar-refractivity contribution in [2.24, 2.45) is 0 Å². The highest BCUT2D eigenvalue weighted by Gasteiger charge is 2.23. The molecule has 8 nitrogen and oxygen atoms in total. The molecule has 0 saturated carbocycles. The second-order valence-electron chi connectivity index (χ2n) is 5.73. The maximum atomic E-state index is 12.2. The van der Waals surface area contributed by atoms with Gasteiger partial charge in [-0.1, -0.05) is 29.8 Å². The Morgan fingerprint density at radius 1 is 1.25 bits per heavy atom. The van der Waals surface area contributed by atoms with Gasteiger partial charge >= 0.3 is 11.7 Å². The monoisotopic (exact) mass is 406 g/mol. The number of nitrogens with one attached hydrogen (secondary N) is 1. The van der Waals surface area contributed by atoms with Crippen LogP contribution < -0.4 is 10.1 Å². The van der Waals surface area contributed by atoms with Gasteiger partial charge in [-0.15, -0.1) is 0 Å². The average molecular weight is 407 g/mol. The first-order valence-corrected chi connectivity index (χ1v) is 8.84. The van der Waals surface area contributed by atoms with Gasteiger partial charge in [0, 0.05) is 17.6 Å². The quantitative estimate of drug-likeness (QED) is 0.408. The molecule has 2 aromatic rings. The largest absolute Gasteiger partial charge is 0.487 e. The SMILES string of the molecule is CCOc1ccc(C(=O)O[C@H](C)C(=O)NCc2ccccc2Cl)cc1[N+](=O)[O-]. The molecule has 0 aliphatic rings. The fourth-order valence-electron chi connectivity index (χ4n) is 2.31. The first-order valence-electron chi connectivity index (χ1n) is 8.46. The van der Waals surface area contributed by atoms with E-state index in [0.29, 0.717) is 5.02 Å². The molecule has 0 fully saturated rings. The van der Waals surface area contributed by atoms with Gasteiger partial charge in [0.15, 0.2) is 11.9 Å². The molecule has 0 unspecified atom stereocenters. The van der Waals surface area contributed by atoms with Gasteiger partial charge in [-0.2, -0.15) is 0 Å². The van der Waals surface area contributed by atoms with E-state index in [1.807, 2.05) is 0 Å². The number of amides is 1. The lowest BCUT2D eigenvalue weighted by molar-refractivity contribution is -0.385. The second kappa shape index (κ2) is 9.70. The van der Waals surface area contributed by atoms with Crippen LogP contribution in [0.25, 0.3) is 0 Å². The molecule has 0 bridgehead atoms. The van der Waals surface area contributed by atoms with Gasteiger partial charge in [0.1, 0.15) is 0 Å².